The number of thioether (sulfide) groups is 1. The van der Waals surface area contributed by atoms with Crippen molar-refractivity contribution in [2.45, 2.75) is 31.8 Å². The molecule has 28 heavy (non-hydrogen) atoms. The van der Waals surface area contributed by atoms with Gasteiger partial charge in [-0.1, -0.05) is 0 Å². The molecule has 3 rings (SSSR count). The molecule has 0 saturated carbocycles. The third-order valence-electron chi connectivity index (χ3n) is 4.86. The number of methoxy groups -OCH3 is 1. The number of amides is 1. The second-order valence-corrected chi connectivity index (χ2v) is 8.02. The Kier molecular flexibility index (Phi) is 6.98. The molecule has 9 heteroatoms. The number of cyclic esters (lactones) is 1. The zero-order valence-corrected chi connectivity index (χ0v) is 16.6. The van der Waals surface area contributed by atoms with Gasteiger partial charge in [-0.15, -0.1) is 0 Å². The molecular weight excluding hydrogens is 390 g/mol. The van der Waals surface area contributed by atoms with Gasteiger partial charge >= 0.3 is 12.1 Å². The van der Waals surface area contributed by atoms with Gasteiger partial charge in [0.1, 0.15) is 11.8 Å². The Bertz CT molecular complexity index is 703. The number of ether oxygens (including phenoxy) is 2. The standard InChI is InChI=1S/C19H24F2N2O4S/c1-26-17(24)5-2-4-14-12-23(19(25)27-14)13-10-15(20)18(16(21)11-13)22-6-3-8-28-9-7-22/h10-11,14H,2-9,12H2,1H3/t14-/m0/s1. The maximum atomic E-state index is 14.7. The van der Waals surface area contributed by atoms with Crippen molar-refractivity contribution < 1.29 is 27.8 Å². The summed E-state index contributed by atoms with van der Waals surface area (Å²) in [4.78, 5) is 26.3. The Balaban J connectivity index is 1.68. The van der Waals surface area contributed by atoms with E-state index in [9.17, 15) is 18.4 Å². The number of esters is 1. The molecule has 2 aliphatic rings. The fraction of sp³-hybridized carbons (Fsp3) is 0.579. The summed E-state index contributed by atoms with van der Waals surface area (Å²) in [6, 6.07) is 2.38. The number of halogens is 2. The van der Waals surface area contributed by atoms with E-state index in [0.717, 1.165) is 17.9 Å². The van der Waals surface area contributed by atoms with Crippen LogP contribution in [-0.4, -0.2) is 56.4 Å². The summed E-state index contributed by atoms with van der Waals surface area (Å²) in [5.41, 5.74) is 0.108. The number of nitrogens with zero attached hydrogens (tertiary/aromatic N) is 2. The van der Waals surface area contributed by atoms with E-state index >= 15 is 0 Å². The van der Waals surface area contributed by atoms with E-state index in [0.29, 0.717) is 25.9 Å². The Hall–Kier alpha value is -2.03. The minimum absolute atomic E-state index is 0.0338. The number of carbonyl (C=O) groups excluding carboxylic acids is 2. The molecule has 2 aliphatic heterocycles. The SMILES string of the molecule is COC(=O)CCC[C@H]1CN(c2cc(F)c(N3CCCSCC3)c(F)c2)C(=O)O1. The second kappa shape index (κ2) is 9.45. The summed E-state index contributed by atoms with van der Waals surface area (Å²) in [5, 5.41) is 0. The quantitative estimate of drug-likeness (QED) is 0.664. The zero-order valence-electron chi connectivity index (χ0n) is 15.8. The van der Waals surface area contributed by atoms with Gasteiger partial charge in [-0.05, 0) is 25.0 Å². The first-order valence-corrected chi connectivity index (χ1v) is 10.5. The van der Waals surface area contributed by atoms with Crippen molar-refractivity contribution in [2.24, 2.45) is 0 Å². The largest absolute Gasteiger partial charge is 0.469 e. The summed E-state index contributed by atoms with van der Waals surface area (Å²) in [5.74, 6) is 0.127. The highest BCUT2D eigenvalue weighted by atomic mass is 32.2. The number of carbonyl (C=O) groups is 2. The van der Waals surface area contributed by atoms with Crippen LogP contribution in [0, 0.1) is 11.6 Å². The van der Waals surface area contributed by atoms with Gasteiger partial charge in [0, 0.05) is 37.4 Å². The zero-order chi connectivity index (χ0) is 20.1. The lowest BCUT2D eigenvalue weighted by atomic mass is 10.1. The molecular formula is C19H24F2N2O4S. The smallest absolute Gasteiger partial charge is 0.414 e. The Morgan fingerprint density at radius 2 is 2.04 bits per heavy atom. The Morgan fingerprint density at radius 3 is 2.75 bits per heavy atom. The number of hydrogen-bond acceptors (Lipinski definition) is 6. The number of benzene rings is 1. The summed E-state index contributed by atoms with van der Waals surface area (Å²) in [7, 11) is 1.32. The highest BCUT2D eigenvalue weighted by Crippen LogP contribution is 2.32. The van der Waals surface area contributed by atoms with E-state index in [1.165, 1.54) is 24.1 Å². The number of rotatable bonds is 6. The summed E-state index contributed by atoms with van der Waals surface area (Å²) >= 11 is 1.77. The van der Waals surface area contributed by atoms with Crippen molar-refractivity contribution >= 4 is 35.2 Å². The molecule has 2 saturated heterocycles. The highest BCUT2D eigenvalue weighted by Gasteiger charge is 2.33. The molecule has 0 spiro atoms. The average Bonchev–Trinajstić information content (AvgIpc) is 2.85. The van der Waals surface area contributed by atoms with Crippen molar-refractivity contribution in [3.05, 3.63) is 23.8 Å². The molecule has 0 bridgehead atoms. The minimum Gasteiger partial charge on any atom is -0.469 e. The maximum absolute atomic E-state index is 14.7. The van der Waals surface area contributed by atoms with Crippen LogP contribution in [0.3, 0.4) is 0 Å². The van der Waals surface area contributed by atoms with Crippen molar-refractivity contribution in [2.75, 3.05) is 48.0 Å². The van der Waals surface area contributed by atoms with E-state index in [-0.39, 0.29) is 30.3 Å². The fourth-order valence-electron chi connectivity index (χ4n) is 3.44. The van der Waals surface area contributed by atoms with Gasteiger partial charge in [0.15, 0.2) is 11.6 Å². The molecule has 0 aliphatic carbocycles. The van der Waals surface area contributed by atoms with Gasteiger partial charge < -0.3 is 14.4 Å². The molecule has 0 radical (unpaired) electrons. The van der Waals surface area contributed by atoms with Crippen molar-refractivity contribution in [1.82, 2.24) is 0 Å². The molecule has 2 fully saturated rings. The van der Waals surface area contributed by atoms with Crippen LogP contribution in [0.15, 0.2) is 12.1 Å². The molecule has 1 amide bonds. The van der Waals surface area contributed by atoms with Gasteiger partial charge in [-0.3, -0.25) is 9.69 Å². The molecule has 6 nitrogen and oxygen atoms in total. The summed E-state index contributed by atoms with van der Waals surface area (Å²) < 4.78 is 39.3. The van der Waals surface area contributed by atoms with Crippen molar-refractivity contribution in [1.29, 1.82) is 0 Å². The third kappa shape index (κ3) is 4.87. The summed E-state index contributed by atoms with van der Waals surface area (Å²) in [6.45, 7) is 1.39. The van der Waals surface area contributed by atoms with E-state index in [4.69, 9.17) is 4.74 Å². The topological polar surface area (TPSA) is 59.1 Å². The van der Waals surface area contributed by atoms with Crippen molar-refractivity contribution in [3.63, 3.8) is 0 Å². The monoisotopic (exact) mass is 414 g/mol. The predicted molar refractivity (Wildman–Crippen MR) is 104 cm³/mol. The molecule has 154 valence electrons. The predicted octanol–water partition coefficient (Wildman–Crippen LogP) is 3.58. The molecule has 1 atom stereocenters. The van der Waals surface area contributed by atoms with E-state index < -0.39 is 23.8 Å². The average molecular weight is 414 g/mol. The molecule has 1 aromatic rings. The van der Waals surface area contributed by atoms with Gasteiger partial charge in [0.2, 0.25) is 0 Å². The minimum atomic E-state index is -0.677. The van der Waals surface area contributed by atoms with Gasteiger partial charge in [0.25, 0.3) is 0 Å². The van der Waals surface area contributed by atoms with Gasteiger partial charge in [0.05, 0.1) is 19.3 Å². The van der Waals surface area contributed by atoms with Crippen molar-refractivity contribution in [3.8, 4) is 0 Å². The van der Waals surface area contributed by atoms with Gasteiger partial charge in [-0.25, -0.2) is 13.6 Å². The first-order valence-electron chi connectivity index (χ1n) is 9.36. The van der Waals surface area contributed by atoms with Crippen LogP contribution >= 0.6 is 11.8 Å². The second-order valence-electron chi connectivity index (χ2n) is 6.80. The molecule has 0 unspecified atom stereocenters. The lowest BCUT2D eigenvalue weighted by Gasteiger charge is -2.24. The maximum Gasteiger partial charge on any atom is 0.414 e. The van der Waals surface area contributed by atoms with E-state index in [2.05, 4.69) is 4.74 Å². The van der Waals surface area contributed by atoms with Crippen LogP contribution < -0.4 is 9.80 Å². The van der Waals surface area contributed by atoms with Crippen LogP contribution in [0.4, 0.5) is 25.0 Å². The third-order valence-corrected chi connectivity index (χ3v) is 5.91. The molecule has 1 aromatic carbocycles. The molecule has 0 N–H and O–H groups in total. The van der Waals surface area contributed by atoms with Crippen LogP contribution in [0.1, 0.15) is 25.7 Å². The Labute approximate surface area is 167 Å². The Morgan fingerprint density at radius 1 is 1.29 bits per heavy atom. The molecule has 2 heterocycles. The normalized spacial score (nSPS) is 20.1. The first-order chi connectivity index (χ1) is 13.5. The van der Waals surface area contributed by atoms with Crippen LogP contribution in [0.5, 0.6) is 0 Å². The fourth-order valence-corrected chi connectivity index (χ4v) is 4.33. The first kappa shape index (κ1) is 20.7. The number of anilines is 2. The van der Waals surface area contributed by atoms with E-state index in [1.807, 2.05) is 0 Å². The summed E-state index contributed by atoms with van der Waals surface area (Å²) in [6.07, 6.45) is 1.03. The van der Waals surface area contributed by atoms with E-state index in [1.54, 1.807) is 16.7 Å². The molecule has 0 aromatic heterocycles. The highest BCUT2D eigenvalue weighted by molar-refractivity contribution is 7.99. The van der Waals surface area contributed by atoms with Crippen LogP contribution in [0.25, 0.3) is 0 Å². The number of hydrogen-bond donors (Lipinski definition) is 0. The van der Waals surface area contributed by atoms with Gasteiger partial charge in [-0.2, -0.15) is 11.8 Å². The van der Waals surface area contributed by atoms with Crippen LogP contribution in [-0.2, 0) is 14.3 Å². The van der Waals surface area contributed by atoms with Crippen LogP contribution in [0.2, 0.25) is 0 Å². The lowest BCUT2D eigenvalue weighted by Crippen LogP contribution is -2.29. The lowest BCUT2D eigenvalue weighted by molar-refractivity contribution is -0.140.